The van der Waals surface area contributed by atoms with Crippen molar-refractivity contribution in [3.8, 4) is 0 Å². The summed E-state index contributed by atoms with van der Waals surface area (Å²) in [7, 11) is -0.726. The van der Waals surface area contributed by atoms with Crippen LogP contribution < -0.4 is 15.5 Å². The van der Waals surface area contributed by atoms with Crippen molar-refractivity contribution in [2.45, 2.75) is 129 Å². The van der Waals surface area contributed by atoms with Crippen molar-refractivity contribution in [3.63, 3.8) is 0 Å². The number of hydrogen-bond acceptors (Lipinski definition) is 5. The molecular weight excluding hydrogens is 641 g/mol. The van der Waals surface area contributed by atoms with Gasteiger partial charge in [0.1, 0.15) is 5.76 Å². The number of piperidine rings is 1. The second-order valence-corrected chi connectivity index (χ2v) is 17.3. The summed E-state index contributed by atoms with van der Waals surface area (Å²) >= 11 is 0. The molecule has 0 radical (unpaired) electrons. The van der Waals surface area contributed by atoms with Crippen LogP contribution in [0, 0.1) is 0 Å². The minimum atomic E-state index is -0.726. The van der Waals surface area contributed by atoms with Gasteiger partial charge in [0.25, 0.3) is 0 Å². The number of hydrogen-bond donors (Lipinski definition) is 3. The molecule has 2 aliphatic heterocycles. The number of carbonyl (C=O) groups excluding carboxylic acids is 3. The van der Waals surface area contributed by atoms with Crippen LogP contribution in [0.5, 0.6) is 0 Å². The Balaban J connectivity index is 1.44. The first kappa shape index (κ1) is 37.9. The average molecular weight is 702 g/mol. The van der Waals surface area contributed by atoms with Crippen molar-refractivity contribution >= 4 is 47.4 Å². The van der Waals surface area contributed by atoms with Crippen molar-refractivity contribution < 1.29 is 19.5 Å². The monoisotopic (exact) mass is 701 g/mol. The van der Waals surface area contributed by atoms with Crippen LogP contribution in [0.4, 0.5) is 11.4 Å². The van der Waals surface area contributed by atoms with E-state index < -0.39 is 7.55 Å². The molecule has 7 nitrogen and oxygen atoms in total. The maximum atomic E-state index is 14.1. The number of ketones is 1. The normalized spacial score (nSPS) is 19.8. The molecule has 0 atom stereocenters. The topological polar surface area (TPSA) is 98.7 Å². The van der Waals surface area contributed by atoms with E-state index in [1.54, 1.807) is 0 Å². The smallest absolute Gasteiger partial charge is 0.224 e. The summed E-state index contributed by atoms with van der Waals surface area (Å²) in [5, 5.41) is 19.2. The largest absolute Gasteiger partial charge is 0.506 e. The molecule has 4 aliphatic rings. The van der Waals surface area contributed by atoms with E-state index in [0.29, 0.717) is 35.4 Å². The number of anilines is 2. The summed E-state index contributed by atoms with van der Waals surface area (Å²) in [6.07, 6.45) is 27.3. The molecule has 3 N–H and O–H groups in total. The first-order valence-electron chi connectivity index (χ1n) is 19.7. The summed E-state index contributed by atoms with van der Waals surface area (Å²) in [5.41, 5.74) is 3.77. The van der Waals surface area contributed by atoms with E-state index in [9.17, 15) is 19.5 Å². The van der Waals surface area contributed by atoms with E-state index in [2.05, 4.69) is 41.5 Å². The van der Waals surface area contributed by atoms with Gasteiger partial charge in [-0.25, -0.2) is 0 Å². The van der Waals surface area contributed by atoms with Gasteiger partial charge in [-0.05, 0) is 86.8 Å². The molecule has 2 fully saturated rings. The quantitative estimate of drug-likeness (QED) is 0.0906. The van der Waals surface area contributed by atoms with E-state index in [1.807, 2.05) is 24.3 Å². The van der Waals surface area contributed by atoms with Gasteiger partial charge >= 0.3 is 0 Å². The van der Waals surface area contributed by atoms with E-state index in [0.717, 1.165) is 83.0 Å². The number of aliphatic hydroxyl groups is 1. The van der Waals surface area contributed by atoms with Crippen molar-refractivity contribution in [3.05, 3.63) is 64.6 Å². The number of rotatable bonds is 16. The van der Waals surface area contributed by atoms with Gasteiger partial charge in [-0.2, -0.15) is 0 Å². The third-order valence-corrected chi connectivity index (χ3v) is 13.7. The van der Waals surface area contributed by atoms with E-state index in [1.165, 1.54) is 56.1 Å². The van der Waals surface area contributed by atoms with Crippen LogP contribution in [0.3, 0.4) is 0 Å². The van der Waals surface area contributed by atoms with Gasteiger partial charge in [0, 0.05) is 48.5 Å². The molecule has 2 amide bonds. The van der Waals surface area contributed by atoms with Crippen LogP contribution in [-0.2, 0) is 14.4 Å². The highest BCUT2D eigenvalue weighted by Crippen LogP contribution is 2.44. The Morgan fingerprint density at radius 1 is 0.760 bits per heavy atom. The lowest BCUT2D eigenvalue weighted by Gasteiger charge is -2.31. The number of Topliss-reactive ketones (excluding diaryl/α,β-unsaturated/α-hetero) is 1. The van der Waals surface area contributed by atoms with Crippen LogP contribution >= 0.6 is 7.55 Å². The SMILES string of the molecule is CCCCCCCC(=O)NC1=CC(=[PH]2CCCCC2)C=C/C1=C1\C(=O)C(c2ccc(N3CCCCC3)cc2NC(=O)CCCCCCC)=C1O. The molecule has 2 aliphatic carbocycles. The molecule has 0 spiro atoms. The number of unbranched alkanes of at least 4 members (excludes halogenated alkanes) is 8. The average Bonchev–Trinajstić information content (AvgIpc) is 3.13. The van der Waals surface area contributed by atoms with Gasteiger partial charge in [-0.1, -0.05) is 83.8 Å². The zero-order chi connectivity index (χ0) is 35.3. The highest BCUT2D eigenvalue weighted by Gasteiger charge is 2.39. The maximum Gasteiger partial charge on any atom is 0.224 e. The number of nitrogens with zero attached hydrogens (tertiary/aromatic N) is 1. The molecule has 5 rings (SSSR count). The molecule has 1 aromatic rings. The molecule has 8 heteroatoms. The van der Waals surface area contributed by atoms with Crippen molar-refractivity contribution in [1.82, 2.24) is 5.32 Å². The first-order chi connectivity index (χ1) is 24.4. The van der Waals surface area contributed by atoms with Crippen LogP contribution in [0.2, 0.25) is 0 Å². The predicted molar refractivity (Wildman–Crippen MR) is 212 cm³/mol. The Kier molecular flexibility index (Phi) is 14.7. The van der Waals surface area contributed by atoms with Gasteiger partial charge in [0.2, 0.25) is 17.6 Å². The number of allylic oxidation sites excluding steroid dienone is 5. The zero-order valence-corrected chi connectivity index (χ0v) is 31.6. The van der Waals surface area contributed by atoms with Crippen LogP contribution in [0.1, 0.15) is 135 Å². The Hall–Kier alpha value is -3.31. The molecule has 50 heavy (non-hydrogen) atoms. The summed E-state index contributed by atoms with van der Waals surface area (Å²) in [6.45, 7) is 6.28. The van der Waals surface area contributed by atoms with E-state index >= 15 is 0 Å². The lowest BCUT2D eigenvalue weighted by molar-refractivity contribution is -0.120. The van der Waals surface area contributed by atoms with Crippen LogP contribution in [0.25, 0.3) is 5.57 Å². The second kappa shape index (κ2) is 19.3. The number of carbonyl (C=O) groups is 3. The summed E-state index contributed by atoms with van der Waals surface area (Å²) in [6, 6.07) is 5.84. The minimum absolute atomic E-state index is 0.0511. The molecule has 272 valence electrons. The maximum absolute atomic E-state index is 14.1. The van der Waals surface area contributed by atoms with Gasteiger partial charge in [-0.15, -0.1) is 7.55 Å². The highest BCUT2D eigenvalue weighted by molar-refractivity contribution is 7.59. The van der Waals surface area contributed by atoms with E-state index in [-0.39, 0.29) is 34.5 Å². The summed E-state index contributed by atoms with van der Waals surface area (Å²) < 4.78 is 0. The Labute approximate surface area is 301 Å². The van der Waals surface area contributed by atoms with Crippen molar-refractivity contribution in [2.75, 3.05) is 35.6 Å². The third kappa shape index (κ3) is 9.93. The zero-order valence-electron chi connectivity index (χ0n) is 30.6. The van der Waals surface area contributed by atoms with Crippen molar-refractivity contribution in [2.24, 2.45) is 0 Å². The Morgan fingerprint density at radius 3 is 2.02 bits per heavy atom. The third-order valence-electron chi connectivity index (χ3n) is 10.6. The van der Waals surface area contributed by atoms with Gasteiger partial charge in [-0.3, -0.25) is 14.4 Å². The highest BCUT2D eigenvalue weighted by atomic mass is 31.1. The molecular formula is C42H60N3O4P. The summed E-state index contributed by atoms with van der Waals surface area (Å²) in [4.78, 5) is 42.8. The number of nitrogens with one attached hydrogen (secondary N) is 2. The molecule has 0 unspecified atom stereocenters. The molecule has 2 heterocycles. The fourth-order valence-electron chi connectivity index (χ4n) is 7.66. The molecule has 0 aromatic heterocycles. The molecule has 0 saturated carbocycles. The van der Waals surface area contributed by atoms with E-state index in [4.69, 9.17) is 0 Å². The van der Waals surface area contributed by atoms with Crippen molar-refractivity contribution in [1.29, 1.82) is 0 Å². The van der Waals surface area contributed by atoms with Gasteiger partial charge in [0.15, 0.2) is 0 Å². The number of aliphatic hydroxyl groups excluding tert-OH is 1. The van der Waals surface area contributed by atoms with Gasteiger partial charge < -0.3 is 20.6 Å². The second-order valence-electron chi connectivity index (χ2n) is 14.6. The lowest BCUT2D eigenvalue weighted by atomic mass is 9.78. The predicted octanol–water partition coefficient (Wildman–Crippen LogP) is 9.63. The van der Waals surface area contributed by atoms with Crippen LogP contribution in [0.15, 0.2) is 59.0 Å². The fraction of sp³-hybridized carbons (Fsp3) is 0.571. The molecule has 2 saturated heterocycles. The fourth-order valence-corrected chi connectivity index (χ4v) is 10.5. The van der Waals surface area contributed by atoms with Crippen LogP contribution in [-0.4, -0.2) is 53.4 Å². The minimum Gasteiger partial charge on any atom is -0.506 e. The Morgan fingerprint density at radius 2 is 1.38 bits per heavy atom. The lowest BCUT2D eigenvalue weighted by Crippen LogP contribution is -2.30. The first-order valence-corrected chi connectivity index (χ1v) is 21.7. The number of amides is 2. The van der Waals surface area contributed by atoms with Gasteiger partial charge in [0.05, 0.1) is 16.8 Å². The molecule has 1 aromatic carbocycles. The summed E-state index contributed by atoms with van der Waals surface area (Å²) in [5.74, 6) is -0.469. The Bertz CT molecular complexity index is 1550. The molecule has 0 bridgehead atoms. The number of benzene rings is 1. The standard InChI is InChI=1S/C42H60N3O4P/c1-3-5-7-9-13-19-37(46)43-35-29-31(45-25-15-11-16-26-45)21-23-33(35)39-41(48)40(42(39)49)34-24-22-32(50-27-17-12-18-28-50)30-36(34)44-38(47)20-14-10-8-6-4-2/h21-24,29-30,48,50H,3-20,25-28H2,1-2H3,(H,43,46)(H,44,47)/b40-34+.